The van der Waals surface area contributed by atoms with Crippen LogP contribution in [-0.2, 0) is 17.8 Å². The van der Waals surface area contributed by atoms with Gasteiger partial charge in [-0.25, -0.2) is 4.39 Å². The third-order valence-electron chi connectivity index (χ3n) is 3.26. The van der Waals surface area contributed by atoms with E-state index in [9.17, 15) is 9.18 Å². The van der Waals surface area contributed by atoms with Crippen molar-refractivity contribution in [2.24, 2.45) is 0 Å². The van der Waals surface area contributed by atoms with Crippen LogP contribution in [0.4, 0.5) is 4.39 Å². The third-order valence-corrected chi connectivity index (χ3v) is 3.98. The van der Waals surface area contributed by atoms with Crippen LogP contribution in [-0.4, -0.2) is 16.4 Å². The van der Waals surface area contributed by atoms with E-state index in [0.29, 0.717) is 18.4 Å². The highest BCUT2D eigenvalue weighted by Crippen LogP contribution is 2.26. The van der Waals surface area contributed by atoms with Crippen LogP contribution >= 0.6 is 15.9 Å². The molecule has 5 heteroatoms. The maximum absolute atomic E-state index is 13.7. The SMILES string of the molecule is O=c1[nH]c2c(c3cccc(F)c13)COC(CBr)C2. The number of benzene rings is 1. The lowest BCUT2D eigenvalue weighted by atomic mass is 9.99. The Bertz CT molecular complexity index is 668. The molecule has 3 rings (SSSR count). The standard InChI is InChI=1S/C13H11BrFNO2/c14-5-7-4-11-9(6-18-7)8-2-1-3-10(15)12(8)13(17)16-11/h1-3,7H,4-6H2,(H,16,17). The first-order valence-corrected chi connectivity index (χ1v) is 6.82. The van der Waals surface area contributed by atoms with E-state index in [1.807, 2.05) is 0 Å². The van der Waals surface area contributed by atoms with E-state index in [1.54, 1.807) is 12.1 Å². The fourth-order valence-electron chi connectivity index (χ4n) is 2.37. The molecule has 0 saturated heterocycles. The lowest BCUT2D eigenvalue weighted by molar-refractivity contribution is 0.0443. The largest absolute Gasteiger partial charge is 0.372 e. The highest BCUT2D eigenvalue weighted by Gasteiger charge is 2.22. The minimum Gasteiger partial charge on any atom is -0.372 e. The van der Waals surface area contributed by atoms with Crippen LogP contribution in [0.15, 0.2) is 23.0 Å². The van der Waals surface area contributed by atoms with Crippen LogP contribution in [0, 0.1) is 5.82 Å². The number of alkyl halides is 1. The Labute approximate surface area is 111 Å². The van der Waals surface area contributed by atoms with E-state index < -0.39 is 5.82 Å². The summed E-state index contributed by atoms with van der Waals surface area (Å²) < 4.78 is 19.3. The molecule has 0 aliphatic carbocycles. The smallest absolute Gasteiger partial charge is 0.259 e. The molecule has 0 fully saturated rings. The first kappa shape index (κ1) is 11.9. The predicted octanol–water partition coefficient (Wildman–Crippen LogP) is 2.50. The zero-order chi connectivity index (χ0) is 12.7. The molecule has 94 valence electrons. The summed E-state index contributed by atoms with van der Waals surface area (Å²) in [6.07, 6.45) is 0.696. The van der Waals surface area contributed by atoms with Crippen LogP contribution in [0.5, 0.6) is 0 Å². The molecule has 1 aliphatic heterocycles. The summed E-state index contributed by atoms with van der Waals surface area (Å²) in [6.45, 7) is 0.405. The van der Waals surface area contributed by atoms with E-state index in [0.717, 1.165) is 16.6 Å². The van der Waals surface area contributed by atoms with Crippen molar-refractivity contribution in [3.63, 3.8) is 0 Å². The number of hydrogen-bond acceptors (Lipinski definition) is 2. The van der Waals surface area contributed by atoms with E-state index in [2.05, 4.69) is 20.9 Å². The molecular weight excluding hydrogens is 301 g/mol. The normalized spacial score (nSPS) is 18.9. The quantitative estimate of drug-likeness (QED) is 0.822. The van der Waals surface area contributed by atoms with Crippen molar-refractivity contribution in [3.8, 4) is 0 Å². The molecule has 2 heterocycles. The van der Waals surface area contributed by atoms with Gasteiger partial charge in [0.2, 0.25) is 0 Å². The van der Waals surface area contributed by atoms with E-state index >= 15 is 0 Å². The van der Waals surface area contributed by atoms with Gasteiger partial charge in [0.1, 0.15) is 5.82 Å². The van der Waals surface area contributed by atoms with Gasteiger partial charge in [-0.15, -0.1) is 0 Å². The van der Waals surface area contributed by atoms with Gasteiger partial charge >= 0.3 is 0 Å². The molecule has 1 aromatic heterocycles. The predicted molar refractivity (Wildman–Crippen MR) is 70.6 cm³/mol. The van der Waals surface area contributed by atoms with Crippen LogP contribution in [0.3, 0.4) is 0 Å². The average molecular weight is 312 g/mol. The topological polar surface area (TPSA) is 42.1 Å². The molecule has 0 amide bonds. The summed E-state index contributed by atoms with van der Waals surface area (Å²) in [7, 11) is 0. The number of aromatic nitrogens is 1. The Balaban J connectivity index is 2.28. The Kier molecular flexibility index (Phi) is 2.95. The molecule has 2 aromatic rings. The molecule has 1 aromatic carbocycles. The summed E-state index contributed by atoms with van der Waals surface area (Å²) in [5.74, 6) is -0.487. The summed E-state index contributed by atoms with van der Waals surface area (Å²) in [6, 6.07) is 4.69. The highest BCUT2D eigenvalue weighted by atomic mass is 79.9. The average Bonchev–Trinajstić information content (AvgIpc) is 2.38. The lowest BCUT2D eigenvalue weighted by Gasteiger charge is -2.24. The van der Waals surface area contributed by atoms with Gasteiger partial charge in [0.05, 0.1) is 18.1 Å². The molecule has 1 unspecified atom stereocenters. The van der Waals surface area contributed by atoms with Gasteiger partial charge in [0, 0.05) is 23.0 Å². The molecule has 1 atom stereocenters. The van der Waals surface area contributed by atoms with Crippen molar-refractivity contribution < 1.29 is 9.13 Å². The van der Waals surface area contributed by atoms with Crippen LogP contribution in [0.2, 0.25) is 0 Å². The zero-order valence-corrected chi connectivity index (χ0v) is 11.1. The number of H-pyrrole nitrogens is 1. The van der Waals surface area contributed by atoms with Gasteiger partial charge in [0.15, 0.2) is 0 Å². The van der Waals surface area contributed by atoms with Crippen molar-refractivity contribution in [1.29, 1.82) is 0 Å². The second-order valence-electron chi connectivity index (χ2n) is 4.37. The molecule has 18 heavy (non-hydrogen) atoms. The number of nitrogens with one attached hydrogen (secondary N) is 1. The van der Waals surface area contributed by atoms with Gasteiger partial charge in [-0.3, -0.25) is 4.79 Å². The summed E-state index contributed by atoms with van der Waals surface area (Å²) in [5, 5.41) is 1.49. The summed E-state index contributed by atoms with van der Waals surface area (Å²) in [4.78, 5) is 14.7. The number of ether oxygens (including phenoxy) is 1. The Morgan fingerprint density at radius 1 is 1.50 bits per heavy atom. The molecule has 0 radical (unpaired) electrons. The summed E-state index contributed by atoms with van der Waals surface area (Å²) in [5.41, 5.74) is 1.38. The van der Waals surface area contributed by atoms with Crippen molar-refractivity contribution in [3.05, 3.63) is 45.6 Å². The molecule has 1 aliphatic rings. The maximum Gasteiger partial charge on any atom is 0.259 e. The number of pyridine rings is 1. The van der Waals surface area contributed by atoms with Crippen molar-refractivity contribution >= 4 is 26.7 Å². The Morgan fingerprint density at radius 2 is 2.33 bits per heavy atom. The van der Waals surface area contributed by atoms with Gasteiger partial charge in [-0.05, 0) is 11.5 Å². The van der Waals surface area contributed by atoms with Gasteiger partial charge < -0.3 is 9.72 Å². The molecule has 0 spiro atoms. The van der Waals surface area contributed by atoms with Crippen molar-refractivity contribution in [2.75, 3.05) is 5.33 Å². The van der Waals surface area contributed by atoms with Crippen LogP contribution in [0.25, 0.3) is 10.8 Å². The molecule has 3 nitrogen and oxygen atoms in total. The van der Waals surface area contributed by atoms with Crippen LogP contribution in [0.1, 0.15) is 11.3 Å². The Hall–Kier alpha value is -1.20. The fourth-order valence-corrected chi connectivity index (χ4v) is 2.79. The van der Waals surface area contributed by atoms with E-state index in [-0.39, 0.29) is 17.0 Å². The number of aromatic amines is 1. The van der Waals surface area contributed by atoms with Gasteiger partial charge in [-0.2, -0.15) is 0 Å². The zero-order valence-electron chi connectivity index (χ0n) is 9.50. The number of fused-ring (bicyclic) bond motifs is 3. The highest BCUT2D eigenvalue weighted by molar-refractivity contribution is 9.09. The molecule has 1 N–H and O–H groups in total. The number of hydrogen-bond donors (Lipinski definition) is 1. The van der Waals surface area contributed by atoms with Crippen molar-refractivity contribution in [1.82, 2.24) is 4.98 Å². The maximum atomic E-state index is 13.7. The molecule has 0 saturated carbocycles. The summed E-state index contributed by atoms with van der Waals surface area (Å²) >= 11 is 3.37. The lowest BCUT2D eigenvalue weighted by Crippen LogP contribution is -2.27. The van der Waals surface area contributed by atoms with Crippen molar-refractivity contribution in [2.45, 2.75) is 19.1 Å². The van der Waals surface area contributed by atoms with E-state index in [4.69, 9.17) is 4.74 Å². The first-order valence-electron chi connectivity index (χ1n) is 5.70. The third kappa shape index (κ3) is 1.78. The molecule has 0 bridgehead atoms. The second kappa shape index (κ2) is 4.48. The fraction of sp³-hybridized carbons (Fsp3) is 0.308. The minimum absolute atomic E-state index is 0.0548. The minimum atomic E-state index is -0.487. The van der Waals surface area contributed by atoms with Crippen LogP contribution < -0.4 is 5.56 Å². The number of halogens is 2. The first-order chi connectivity index (χ1) is 8.70. The van der Waals surface area contributed by atoms with E-state index in [1.165, 1.54) is 6.07 Å². The van der Waals surface area contributed by atoms with Gasteiger partial charge in [-0.1, -0.05) is 28.1 Å². The van der Waals surface area contributed by atoms with Gasteiger partial charge in [0.25, 0.3) is 5.56 Å². The Morgan fingerprint density at radius 3 is 3.11 bits per heavy atom. The second-order valence-corrected chi connectivity index (χ2v) is 5.01. The number of rotatable bonds is 1. The monoisotopic (exact) mass is 311 g/mol. The molecular formula is C13H11BrFNO2.